The lowest BCUT2D eigenvalue weighted by molar-refractivity contribution is -0.140. The zero-order valence-electron chi connectivity index (χ0n) is 31.3. The molecule has 3 saturated carbocycles. The van der Waals surface area contributed by atoms with Crippen LogP contribution in [-0.2, 0) is 40.7 Å². The second kappa shape index (κ2) is 16.1. The van der Waals surface area contributed by atoms with Crippen molar-refractivity contribution in [3.63, 3.8) is 0 Å². The van der Waals surface area contributed by atoms with Gasteiger partial charge in [-0.05, 0) is 69.6 Å². The standard InChI is InChI=1S/C38H48F3N5O7S2/c1-7-9-10-11-16-46(6)33(48)28-19-24(18-27(28)31(47)44-37(20-22(37)8-2)34(49)45-55(51,52)25-13-14-25)53-35(50)42-29-17-23(38(39,40)41)12-15-26(29)32-43-30(21-54-32)36(3,4)5/h7-8,12,15,17,21-22,24-25,27-28H,1-2,9-11,13-14,16,18-20H2,3-6H3,(H,42,50)(H,44,47)(H,45,49). The number of unbranched alkanes of at least 4 members (excludes halogenated alkanes) is 2. The first-order valence-electron chi connectivity index (χ1n) is 18.2. The number of benzene rings is 1. The van der Waals surface area contributed by atoms with Gasteiger partial charge in [0.25, 0.3) is 5.91 Å². The Bertz CT molecular complexity index is 1940. The first-order chi connectivity index (χ1) is 25.7. The molecule has 0 bridgehead atoms. The molecule has 3 aliphatic carbocycles. The third-order valence-corrected chi connectivity index (χ3v) is 13.0. The number of nitrogens with zero attached hydrogens (tertiary/aromatic N) is 2. The molecule has 1 aromatic carbocycles. The minimum atomic E-state index is -4.71. The summed E-state index contributed by atoms with van der Waals surface area (Å²) in [5, 5.41) is 6.65. The first-order valence-corrected chi connectivity index (χ1v) is 20.6. The van der Waals surface area contributed by atoms with Crippen LogP contribution in [0.2, 0.25) is 0 Å². The number of aromatic nitrogens is 1. The van der Waals surface area contributed by atoms with Crippen molar-refractivity contribution in [3.8, 4) is 10.6 Å². The van der Waals surface area contributed by atoms with E-state index in [1.54, 1.807) is 18.5 Å². The topological polar surface area (TPSA) is 164 Å². The molecule has 5 rings (SSSR count). The Hall–Kier alpha value is -4.25. The van der Waals surface area contributed by atoms with Crippen LogP contribution in [0.1, 0.15) is 83.4 Å². The van der Waals surface area contributed by atoms with Gasteiger partial charge in [0.05, 0.1) is 34.0 Å². The van der Waals surface area contributed by atoms with Crippen LogP contribution in [0.5, 0.6) is 0 Å². The number of nitrogens with one attached hydrogen (secondary N) is 3. The fourth-order valence-electron chi connectivity index (χ4n) is 6.75. The highest BCUT2D eigenvalue weighted by molar-refractivity contribution is 7.91. The molecule has 5 unspecified atom stereocenters. The summed E-state index contributed by atoms with van der Waals surface area (Å²) in [6, 6.07) is 2.93. The number of carbonyl (C=O) groups is 4. The third-order valence-electron chi connectivity index (χ3n) is 10.3. The van der Waals surface area contributed by atoms with Gasteiger partial charge in [0.15, 0.2) is 0 Å². The van der Waals surface area contributed by atoms with Crippen LogP contribution in [0.3, 0.4) is 0 Å². The van der Waals surface area contributed by atoms with Crippen molar-refractivity contribution in [3.05, 3.63) is 60.1 Å². The fourth-order valence-corrected chi connectivity index (χ4v) is 9.20. The Morgan fingerprint density at radius 3 is 2.36 bits per heavy atom. The van der Waals surface area contributed by atoms with Gasteiger partial charge >= 0.3 is 12.3 Å². The number of hydrogen-bond acceptors (Lipinski definition) is 9. The Kier molecular flexibility index (Phi) is 12.3. The van der Waals surface area contributed by atoms with Crippen molar-refractivity contribution in [2.24, 2.45) is 17.8 Å². The van der Waals surface area contributed by atoms with Gasteiger partial charge in [0.2, 0.25) is 21.8 Å². The summed E-state index contributed by atoms with van der Waals surface area (Å²) >= 11 is 1.21. The lowest BCUT2D eigenvalue weighted by Gasteiger charge is -2.26. The average molecular weight is 808 g/mol. The van der Waals surface area contributed by atoms with Gasteiger partial charge in [-0.25, -0.2) is 18.2 Å². The van der Waals surface area contributed by atoms with Crippen molar-refractivity contribution in [2.45, 2.75) is 101 Å². The van der Waals surface area contributed by atoms with Gasteiger partial charge < -0.3 is 15.0 Å². The summed E-state index contributed by atoms with van der Waals surface area (Å²) in [5.74, 6) is -4.63. The molecular formula is C38H48F3N5O7S2. The van der Waals surface area contributed by atoms with Gasteiger partial charge in [0, 0.05) is 35.9 Å². The highest BCUT2D eigenvalue weighted by Crippen LogP contribution is 2.47. The molecule has 12 nitrogen and oxygen atoms in total. The number of sulfonamides is 1. The van der Waals surface area contributed by atoms with Gasteiger partial charge in [0.1, 0.15) is 16.7 Å². The van der Waals surface area contributed by atoms with Crippen molar-refractivity contribution in [1.29, 1.82) is 0 Å². The second-order valence-electron chi connectivity index (χ2n) is 15.6. The van der Waals surface area contributed by atoms with E-state index >= 15 is 0 Å². The predicted octanol–water partition coefficient (Wildman–Crippen LogP) is 6.55. The van der Waals surface area contributed by atoms with Crippen LogP contribution in [0, 0.1) is 17.8 Å². The molecule has 3 N–H and O–H groups in total. The Morgan fingerprint density at radius 2 is 1.78 bits per heavy atom. The summed E-state index contributed by atoms with van der Waals surface area (Å²) in [7, 11) is -2.34. The summed E-state index contributed by atoms with van der Waals surface area (Å²) < 4.78 is 74.4. The zero-order valence-corrected chi connectivity index (χ0v) is 33.0. The largest absolute Gasteiger partial charge is 0.446 e. The van der Waals surface area contributed by atoms with Gasteiger partial charge in [-0.3, -0.25) is 24.4 Å². The number of thiazole rings is 1. The van der Waals surface area contributed by atoms with E-state index in [0.717, 1.165) is 25.0 Å². The summed E-state index contributed by atoms with van der Waals surface area (Å²) in [5.41, 5.74) is -2.16. The summed E-state index contributed by atoms with van der Waals surface area (Å²) in [6.07, 6.45) is -0.701. The lowest BCUT2D eigenvalue weighted by Crippen LogP contribution is -2.54. The number of amides is 4. The van der Waals surface area contributed by atoms with Crippen molar-refractivity contribution >= 4 is 50.9 Å². The molecule has 3 aliphatic rings. The van der Waals surface area contributed by atoms with Crippen molar-refractivity contribution in [2.75, 3.05) is 18.9 Å². The van der Waals surface area contributed by atoms with E-state index in [9.17, 15) is 40.8 Å². The van der Waals surface area contributed by atoms with Crippen LogP contribution >= 0.6 is 11.3 Å². The van der Waals surface area contributed by atoms with Gasteiger partial charge in [-0.1, -0.05) is 32.9 Å². The van der Waals surface area contributed by atoms with E-state index in [4.69, 9.17) is 4.74 Å². The third kappa shape index (κ3) is 9.77. The van der Waals surface area contributed by atoms with E-state index in [1.807, 2.05) is 20.8 Å². The maximum atomic E-state index is 14.0. The number of hydrogen-bond donors (Lipinski definition) is 3. The average Bonchev–Trinajstić information content (AvgIpc) is 3.98. The molecule has 0 saturated heterocycles. The second-order valence-corrected chi connectivity index (χ2v) is 18.4. The number of halogens is 3. The predicted molar refractivity (Wildman–Crippen MR) is 202 cm³/mol. The van der Waals surface area contributed by atoms with Crippen molar-refractivity contribution < 1.29 is 45.5 Å². The van der Waals surface area contributed by atoms with Crippen LogP contribution in [0.15, 0.2) is 48.9 Å². The maximum absolute atomic E-state index is 14.0. The monoisotopic (exact) mass is 807 g/mol. The Balaban J connectivity index is 1.36. The van der Waals surface area contributed by atoms with Crippen molar-refractivity contribution in [1.82, 2.24) is 19.9 Å². The van der Waals surface area contributed by atoms with Gasteiger partial charge in [-0.2, -0.15) is 13.2 Å². The lowest BCUT2D eigenvalue weighted by atomic mass is 9.93. The molecule has 5 atom stereocenters. The number of carbonyl (C=O) groups excluding carboxylic acids is 4. The maximum Gasteiger partial charge on any atom is 0.416 e. The quantitative estimate of drug-likeness (QED) is 0.135. The fraction of sp³-hybridized carbons (Fsp3) is 0.553. The molecule has 0 spiro atoms. The van der Waals surface area contributed by atoms with Crippen LogP contribution in [0.25, 0.3) is 10.6 Å². The normalized spacial score (nSPS) is 23.7. The molecule has 1 aromatic heterocycles. The molecule has 3 fully saturated rings. The van der Waals surface area contributed by atoms with E-state index in [1.165, 1.54) is 28.4 Å². The molecule has 17 heteroatoms. The zero-order chi connectivity index (χ0) is 40.5. The number of anilines is 1. The summed E-state index contributed by atoms with van der Waals surface area (Å²) in [6.45, 7) is 13.6. The number of rotatable bonds is 15. The minimum Gasteiger partial charge on any atom is -0.446 e. The highest BCUT2D eigenvalue weighted by Gasteiger charge is 2.62. The molecular weight excluding hydrogens is 760 g/mol. The summed E-state index contributed by atoms with van der Waals surface area (Å²) in [4.78, 5) is 60.7. The van der Waals surface area contributed by atoms with E-state index in [-0.39, 0.29) is 35.9 Å². The van der Waals surface area contributed by atoms with Crippen LogP contribution < -0.4 is 15.4 Å². The van der Waals surface area contributed by atoms with Crippen LogP contribution in [0.4, 0.5) is 23.7 Å². The first kappa shape index (κ1) is 41.9. The number of allylic oxidation sites excluding steroid dienone is 1. The Morgan fingerprint density at radius 1 is 1.09 bits per heavy atom. The molecule has 300 valence electrons. The molecule has 2 aromatic rings. The SMILES string of the molecule is C=CCCCCN(C)C(=O)C1CC(OC(=O)Nc2cc(C(F)(F)F)ccc2-c2nc(C(C)(C)C)cs2)CC1C(=O)NC1(C(=O)NS(=O)(=O)C2CC2)CC1C=C. The highest BCUT2D eigenvalue weighted by atomic mass is 32.2. The van der Waals surface area contributed by atoms with E-state index in [0.29, 0.717) is 36.5 Å². The van der Waals surface area contributed by atoms with E-state index < -0.39 is 80.2 Å². The van der Waals surface area contributed by atoms with E-state index in [2.05, 4.69) is 33.5 Å². The van der Waals surface area contributed by atoms with Gasteiger partial charge in [-0.15, -0.1) is 24.5 Å². The smallest absolute Gasteiger partial charge is 0.416 e. The molecule has 4 amide bonds. The van der Waals surface area contributed by atoms with Crippen LogP contribution in [-0.4, -0.2) is 72.6 Å². The molecule has 1 heterocycles. The number of ether oxygens (including phenoxy) is 1. The molecule has 0 radical (unpaired) electrons. The molecule has 55 heavy (non-hydrogen) atoms. The number of alkyl halides is 3. The molecule has 0 aliphatic heterocycles. The minimum absolute atomic E-state index is 0.0850. The Labute approximate surface area is 323 Å².